The minimum Gasteiger partial charge on any atom is -0.480 e. The summed E-state index contributed by atoms with van der Waals surface area (Å²) >= 11 is 6.26. The molecule has 33 heteroatoms. The van der Waals surface area contributed by atoms with Crippen LogP contribution in [0.1, 0.15) is 142 Å². The summed E-state index contributed by atoms with van der Waals surface area (Å²) in [5.41, 5.74) is 7.83. The van der Waals surface area contributed by atoms with Crippen molar-refractivity contribution in [2.24, 2.45) is 11.7 Å². The van der Waals surface area contributed by atoms with Gasteiger partial charge in [0.15, 0.2) is 0 Å². The Kier molecular flexibility index (Phi) is 35.2. The van der Waals surface area contributed by atoms with E-state index >= 15 is 9.59 Å². The molecule has 1 aliphatic heterocycles. The summed E-state index contributed by atoms with van der Waals surface area (Å²) in [5.74, 6) is -10.7. The van der Waals surface area contributed by atoms with Crippen LogP contribution >= 0.6 is 11.6 Å². The van der Waals surface area contributed by atoms with Crippen molar-refractivity contribution in [1.29, 1.82) is 0 Å². The van der Waals surface area contributed by atoms with Gasteiger partial charge < -0.3 is 79.3 Å². The van der Waals surface area contributed by atoms with Crippen molar-refractivity contribution in [3.8, 4) is 0 Å². The second-order valence-electron chi connectivity index (χ2n) is 27.7. The molecular weight excluding hydrogens is 1450 g/mol. The van der Waals surface area contributed by atoms with Crippen LogP contribution in [0.3, 0.4) is 0 Å². The van der Waals surface area contributed by atoms with E-state index in [1.807, 2.05) is 42.5 Å². The van der Waals surface area contributed by atoms with Gasteiger partial charge in [0, 0.05) is 88.0 Å². The minimum absolute atomic E-state index is 0.00343. The molecule has 6 aromatic rings. The van der Waals surface area contributed by atoms with E-state index in [0.717, 1.165) is 10.8 Å². The van der Waals surface area contributed by atoms with Crippen LogP contribution in [0.4, 0.5) is 0 Å². The van der Waals surface area contributed by atoms with Gasteiger partial charge in [-0.25, -0.2) is 4.98 Å². The number of benzene rings is 3. The number of carbonyl (C=O) groups is 13. The van der Waals surface area contributed by atoms with Crippen molar-refractivity contribution in [3.05, 3.63) is 167 Å². The molecular formula is C78H100ClN17O15. The van der Waals surface area contributed by atoms with Crippen LogP contribution in [0.15, 0.2) is 134 Å². The maximum absolute atomic E-state index is 15.1. The summed E-state index contributed by atoms with van der Waals surface area (Å²) in [6, 6.07) is 12.0. The Morgan fingerprint density at radius 3 is 1.60 bits per heavy atom. The Bertz CT molecular complexity index is 4130. The maximum atomic E-state index is 15.1. The third-order valence-corrected chi connectivity index (χ3v) is 18.7. The summed E-state index contributed by atoms with van der Waals surface area (Å²) in [6.07, 6.45) is 11.4. The zero-order chi connectivity index (χ0) is 80.4. The number of pyridine rings is 2. The van der Waals surface area contributed by atoms with E-state index in [0.29, 0.717) is 41.0 Å². The molecule has 1 saturated heterocycles. The Morgan fingerprint density at radius 1 is 0.514 bits per heavy atom. The summed E-state index contributed by atoms with van der Waals surface area (Å²) in [6.45, 7) is 5.57. The molecule has 0 saturated carbocycles. The van der Waals surface area contributed by atoms with Gasteiger partial charge in [0.25, 0.3) is 11.8 Å². The summed E-state index contributed by atoms with van der Waals surface area (Å²) in [5, 5.41) is 52.4. The molecule has 0 aliphatic carbocycles. The average Bonchev–Trinajstić information content (AvgIpc) is 1.69. The average molecular weight is 1550 g/mol. The number of aliphatic hydroxyl groups excluding tert-OH is 1. The lowest BCUT2D eigenvalue weighted by molar-refractivity contribution is -0.144. The van der Waals surface area contributed by atoms with E-state index < -0.39 is 144 Å². The summed E-state index contributed by atoms with van der Waals surface area (Å²) in [7, 11) is 0. The SMILES string of the molecule is CC(=O)N[C@@H](Cc1ccc2ccccc2c1)C(=O)N[C@@H](Cc1ccc(Cl)cc1)C(=O)N[C@@H](Cc1cccnc1)C(=O)N[C@@H](CO)C(=O)N[C@@H](CCCCNC(=O)c1cccnc1)C(=O)N[C@@H](CCCCNC(=O)c1cnccn1)C(=O)N[C@@H](CC(C)C)C(=O)N[C@@H](CCCCN)C(=O)N1CCC[C@@H]1C(=O)N[C@@H](C)C(=O)O. The molecule has 0 spiro atoms. The number of aliphatic carboxylic acids is 1. The number of amides is 12. The highest BCUT2D eigenvalue weighted by Crippen LogP contribution is 2.23. The fourth-order valence-electron chi connectivity index (χ4n) is 12.5. The van der Waals surface area contributed by atoms with Crippen LogP contribution in [0.5, 0.6) is 0 Å². The van der Waals surface area contributed by atoms with Crippen molar-refractivity contribution in [1.82, 2.24) is 83.3 Å². The largest absolute Gasteiger partial charge is 0.480 e. The number of fused-ring (bicyclic) bond motifs is 1. The monoisotopic (exact) mass is 1550 g/mol. The Hall–Kier alpha value is -11.4. The van der Waals surface area contributed by atoms with Crippen LogP contribution in [-0.4, -0.2) is 205 Å². The number of nitrogens with two attached hydrogens (primary N) is 1. The molecule has 0 bridgehead atoms. The van der Waals surface area contributed by atoms with Crippen LogP contribution in [0, 0.1) is 5.92 Å². The number of hydrogen-bond donors (Lipinski definition) is 14. The summed E-state index contributed by atoms with van der Waals surface area (Å²) < 4.78 is 0. The van der Waals surface area contributed by atoms with Crippen LogP contribution < -0.4 is 64.2 Å². The van der Waals surface area contributed by atoms with E-state index in [9.17, 15) is 63.0 Å². The molecule has 4 heterocycles. The van der Waals surface area contributed by atoms with Gasteiger partial charge >= 0.3 is 5.97 Å². The van der Waals surface area contributed by atoms with Gasteiger partial charge in [-0.05, 0) is 154 Å². The predicted molar refractivity (Wildman–Crippen MR) is 410 cm³/mol. The van der Waals surface area contributed by atoms with Gasteiger partial charge in [-0.1, -0.05) is 86.1 Å². The molecule has 10 atom stereocenters. The molecule has 0 radical (unpaired) electrons. The molecule has 3 aromatic carbocycles. The van der Waals surface area contributed by atoms with E-state index in [1.165, 1.54) is 62.1 Å². The zero-order valence-corrected chi connectivity index (χ0v) is 63.3. The van der Waals surface area contributed by atoms with Gasteiger partial charge in [-0.2, -0.15) is 0 Å². The van der Waals surface area contributed by atoms with E-state index in [2.05, 4.69) is 78.4 Å². The number of carboxylic acids is 1. The first-order valence-electron chi connectivity index (χ1n) is 37.2. The molecule has 3 aromatic heterocycles. The van der Waals surface area contributed by atoms with E-state index in [4.69, 9.17) is 17.3 Å². The van der Waals surface area contributed by atoms with E-state index in [-0.39, 0.29) is 120 Å². The minimum atomic E-state index is -1.84. The number of likely N-dealkylation sites (tertiary alicyclic amines) is 1. The second kappa shape index (κ2) is 44.9. The molecule has 0 unspecified atom stereocenters. The fourth-order valence-corrected chi connectivity index (χ4v) is 12.6. The molecule has 7 rings (SSSR count). The molecule has 1 aliphatic rings. The maximum Gasteiger partial charge on any atom is 0.325 e. The summed E-state index contributed by atoms with van der Waals surface area (Å²) in [4.78, 5) is 200. The van der Waals surface area contributed by atoms with Gasteiger partial charge in [0.1, 0.15) is 66.1 Å². The smallest absolute Gasteiger partial charge is 0.325 e. The lowest BCUT2D eigenvalue weighted by Crippen LogP contribution is -2.61. The van der Waals surface area contributed by atoms with Crippen LogP contribution in [-0.2, 0) is 72.0 Å². The van der Waals surface area contributed by atoms with Crippen molar-refractivity contribution >= 4 is 99.2 Å². The Labute approximate surface area is 648 Å². The number of halogens is 1. The normalized spacial score (nSPS) is 14.9. The van der Waals surface area contributed by atoms with Crippen molar-refractivity contribution in [2.45, 2.75) is 184 Å². The molecule has 111 heavy (non-hydrogen) atoms. The molecule has 15 N–H and O–H groups in total. The highest BCUT2D eigenvalue weighted by molar-refractivity contribution is 6.30. The third kappa shape index (κ3) is 28.5. The first kappa shape index (κ1) is 86.9. The standard InChI is InChI=1S/C78H100ClN17O15/c1-47(2)38-60(71(103)91-59(22-7-10-30-80)77(109)96-37-15-23-66(96)76(108)87-48(3)78(110)111)92-70(102)58(21-9-12-34-86-68(100)64-45-83-35-36-84-64)89-69(101)57(20-8-11-33-85-67(99)55-19-14-32-82-44-55)90-75(107)65(46-97)95-74(106)63(42-52-16-13-31-81-43-52)94-73(105)62(40-50-25-28-56(79)29-26-50)93-72(104)61(88-49(4)98)41-51-24-27-53-17-5-6-18-54(53)39-51/h5-6,13-14,16-19,24-29,31-32,35-36,39,43-45,47-48,57-63,65-66,97H,7-12,15,20-23,30,33-34,37-38,40-42,46,80H2,1-4H3,(H,85,99)(H,86,100)(H,87,108)(H,88,98)(H,89,101)(H,90,107)(H,91,103)(H,92,102)(H,93,104)(H,94,105)(H,95,106)(H,110,111)/t48-,57-,58-,59-,60-,61-,62-,63-,65-,66+/m0/s1. The number of rotatable bonds is 44. The first-order chi connectivity index (χ1) is 53.3. The van der Waals surface area contributed by atoms with Gasteiger partial charge in [-0.15, -0.1) is 0 Å². The van der Waals surface area contributed by atoms with E-state index in [1.54, 1.807) is 62.4 Å². The lowest BCUT2D eigenvalue weighted by Gasteiger charge is -2.31. The van der Waals surface area contributed by atoms with Crippen molar-refractivity contribution in [3.63, 3.8) is 0 Å². The number of carbonyl (C=O) groups excluding carboxylic acids is 12. The van der Waals surface area contributed by atoms with Crippen molar-refractivity contribution < 1.29 is 72.5 Å². The van der Waals surface area contributed by atoms with Gasteiger partial charge in [-0.3, -0.25) is 77.3 Å². The Balaban J connectivity index is 1.15. The van der Waals surface area contributed by atoms with Crippen molar-refractivity contribution in [2.75, 3.05) is 32.8 Å². The quantitative estimate of drug-likeness (QED) is 0.0243. The van der Waals surface area contributed by atoms with Crippen LogP contribution in [0.25, 0.3) is 10.8 Å². The number of carboxylic acid groups (broad SMARTS) is 1. The molecule has 12 amide bonds. The highest BCUT2D eigenvalue weighted by Gasteiger charge is 2.40. The predicted octanol–water partition coefficient (Wildman–Crippen LogP) is 1.95. The number of nitrogens with one attached hydrogen (secondary N) is 11. The highest BCUT2D eigenvalue weighted by atomic mass is 35.5. The number of aromatic nitrogens is 4. The van der Waals surface area contributed by atoms with Gasteiger partial charge in [0.2, 0.25) is 59.1 Å². The third-order valence-electron chi connectivity index (χ3n) is 18.4. The second-order valence-corrected chi connectivity index (χ2v) is 28.1. The lowest BCUT2D eigenvalue weighted by atomic mass is 9.99. The zero-order valence-electron chi connectivity index (χ0n) is 62.6. The fraction of sp³-hybridized carbons (Fsp3) is 0.449. The molecule has 594 valence electrons. The number of nitrogens with zero attached hydrogens (tertiary/aromatic N) is 5. The number of unbranched alkanes of at least 4 members (excludes halogenated alkanes) is 3. The topological polar surface area (TPSA) is 476 Å². The molecule has 32 nitrogen and oxygen atoms in total. The Morgan fingerprint density at radius 2 is 1.03 bits per heavy atom. The first-order valence-corrected chi connectivity index (χ1v) is 37.6. The van der Waals surface area contributed by atoms with Gasteiger partial charge in [0.05, 0.1) is 18.4 Å². The molecule has 1 fully saturated rings. The van der Waals surface area contributed by atoms with Crippen LogP contribution in [0.2, 0.25) is 5.02 Å². The number of aliphatic hydroxyl groups is 1. The number of hydrogen-bond acceptors (Lipinski definition) is 19.